The molecule has 0 saturated carbocycles. The Morgan fingerprint density at radius 3 is 2.83 bits per heavy atom. The van der Waals surface area contributed by atoms with Crippen LogP contribution in [-0.4, -0.2) is 53.5 Å². The van der Waals surface area contributed by atoms with Crippen molar-refractivity contribution in [3.63, 3.8) is 0 Å². The molecule has 0 bridgehead atoms. The molecule has 1 rings (SSSR count). The third-order valence-corrected chi connectivity index (χ3v) is 4.53. The van der Waals surface area contributed by atoms with Crippen LogP contribution in [0.15, 0.2) is 0 Å². The van der Waals surface area contributed by atoms with Crippen LogP contribution in [0, 0.1) is 0 Å². The van der Waals surface area contributed by atoms with Crippen molar-refractivity contribution in [2.24, 2.45) is 5.73 Å². The van der Waals surface area contributed by atoms with Crippen LogP contribution in [-0.2, 0) is 4.79 Å². The van der Waals surface area contributed by atoms with Gasteiger partial charge in [0, 0.05) is 49.1 Å². The highest BCUT2D eigenvalue weighted by atomic mass is 32.2. The van der Waals surface area contributed by atoms with Crippen LogP contribution < -0.4 is 11.1 Å². The number of rotatable bonds is 6. The number of nitrogens with one attached hydrogen (secondary N) is 1. The molecular weight excluding hydrogens is 246 g/mol. The van der Waals surface area contributed by atoms with Crippen molar-refractivity contribution in [1.29, 1.82) is 0 Å². The molecule has 0 aliphatic carbocycles. The van der Waals surface area contributed by atoms with Gasteiger partial charge in [-0.3, -0.25) is 9.69 Å². The lowest BCUT2D eigenvalue weighted by atomic mass is 10.1. The normalized spacial score (nSPS) is 21.6. The minimum Gasteiger partial charge on any atom is -0.356 e. The van der Waals surface area contributed by atoms with E-state index in [1.54, 1.807) is 0 Å². The molecule has 1 heterocycles. The predicted molar refractivity (Wildman–Crippen MR) is 78.9 cm³/mol. The number of amides is 1. The van der Waals surface area contributed by atoms with Gasteiger partial charge in [-0.15, -0.1) is 0 Å². The Bertz CT molecular complexity index is 271. The number of nitrogens with zero attached hydrogens (tertiary/aromatic N) is 1. The van der Waals surface area contributed by atoms with Gasteiger partial charge in [-0.1, -0.05) is 6.92 Å². The Kier molecular flexibility index (Phi) is 6.46. The van der Waals surface area contributed by atoms with Crippen LogP contribution in [0.25, 0.3) is 0 Å². The first-order valence-corrected chi connectivity index (χ1v) is 7.82. The highest BCUT2D eigenvalue weighted by molar-refractivity contribution is 8.00. The first-order chi connectivity index (χ1) is 8.48. The summed E-state index contributed by atoms with van der Waals surface area (Å²) < 4.78 is 0.269. The van der Waals surface area contributed by atoms with Crippen LogP contribution in [0.2, 0.25) is 0 Å². The van der Waals surface area contributed by atoms with Crippen molar-refractivity contribution >= 4 is 17.7 Å². The van der Waals surface area contributed by atoms with Crippen LogP contribution in [0.3, 0.4) is 0 Å². The largest absolute Gasteiger partial charge is 0.356 e. The molecule has 0 aromatic rings. The zero-order chi connectivity index (χ0) is 13.6. The predicted octanol–water partition coefficient (Wildman–Crippen LogP) is 1.06. The van der Waals surface area contributed by atoms with E-state index in [4.69, 9.17) is 5.73 Å². The lowest BCUT2D eigenvalue weighted by Crippen LogP contribution is -2.52. The monoisotopic (exact) mass is 273 g/mol. The Labute approximate surface area is 115 Å². The second-order valence-electron chi connectivity index (χ2n) is 5.52. The van der Waals surface area contributed by atoms with E-state index >= 15 is 0 Å². The Morgan fingerprint density at radius 2 is 2.28 bits per heavy atom. The van der Waals surface area contributed by atoms with Crippen molar-refractivity contribution in [2.45, 2.75) is 44.4 Å². The number of hydrogen-bond acceptors (Lipinski definition) is 4. The molecule has 1 saturated heterocycles. The summed E-state index contributed by atoms with van der Waals surface area (Å²) >= 11 is 2.00. The number of hydrogen-bond donors (Lipinski definition) is 2. The van der Waals surface area contributed by atoms with Gasteiger partial charge in [-0.05, 0) is 20.3 Å². The fourth-order valence-electron chi connectivity index (χ4n) is 2.28. The van der Waals surface area contributed by atoms with E-state index in [9.17, 15) is 4.79 Å². The summed E-state index contributed by atoms with van der Waals surface area (Å²) in [6, 6.07) is 0.182. The molecule has 1 aliphatic heterocycles. The van der Waals surface area contributed by atoms with E-state index < -0.39 is 0 Å². The average molecular weight is 273 g/mol. The van der Waals surface area contributed by atoms with Crippen molar-refractivity contribution < 1.29 is 4.79 Å². The van der Waals surface area contributed by atoms with Crippen LogP contribution in [0.4, 0.5) is 0 Å². The third-order valence-electron chi connectivity index (χ3n) is 3.24. The molecule has 0 aromatic heterocycles. The summed E-state index contributed by atoms with van der Waals surface area (Å²) in [4.78, 5) is 14.2. The molecule has 18 heavy (non-hydrogen) atoms. The van der Waals surface area contributed by atoms with Crippen LogP contribution in [0.5, 0.6) is 0 Å². The molecule has 106 valence electrons. The summed E-state index contributed by atoms with van der Waals surface area (Å²) in [6.07, 6.45) is 1.50. The maximum Gasteiger partial charge on any atom is 0.221 e. The molecule has 0 radical (unpaired) electrons. The summed E-state index contributed by atoms with van der Waals surface area (Å²) in [5.41, 5.74) is 5.84. The summed E-state index contributed by atoms with van der Waals surface area (Å²) in [5, 5.41) is 2.93. The average Bonchev–Trinajstić information content (AvgIpc) is 2.32. The second-order valence-corrected chi connectivity index (χ2v) is 7.32. The Morgan fingerprint density at radius 1 is 1.56 bits per heavy atom. The number of nitrogens with two attached hydrogens (primary N) is 1. The molecule has 1 fully saturated rings. The number of carbonyl (C=O) groups excluding carboxylic acids is 1. The summed E-state index contributed by atoms with van der Waals surface area (Å²) in [7, 11) is 0. The van der Waals surface area contributed by atoms with Gasteiger partial charge in [0.25, 0.3) is 0 Å². The van der Waals surface area contributed by atoms with E-state index in [2.05, 4.69) is 31.0 Å². The van der Waals surface area contributed by atoms with E-state index in [0.717, 1.165) is 31.8 Å². The summed E-state index contributed by atoms with van der Waals surface area (Å²) in [6.45, 7) is 9.95. The fourth-order valence-corrected chi connectivity index (χ4v) is 3.41. The fraction of sp³-hybridized carbons (Fsp3) is 0.923. The van der Waals surface area contributed by atoms with E-state index in [-0.39, 0.29) is 16.7 Å². The number of thioether (sulfide) groups is 1. The lowest BCUT2D eigenvalue weighted by molar-refractivity contribution is -0.122. The minimum absolute atomic E-state index is 0.128. The lowest BCUT2D eigenvalue weighted by Gasteiger charge is -2.41. The quantitative estimate of drug-likeness (QED) is 0.760. The maximum atomic E-state index is 11.8. The molecule has 1 atom stereocenters. The second kappa shape index (κ2) is 7.36. The molecule has 1 amide bonds. The molecule has 3 N–H and O–H groups in total. The van der Waals surface area contributed by atoms with Crippen molar-refractivity contribution in [3.8, 4) is 0 Å². The molecular formula is C13H27N3OS. The van der Waals surface area contributed by atoms with Gasteiger partial charge in [0.2, 0.25) is 5.91 Å². The maximum absolute atomic E-state index is 11.8. The minimum atomic E-state index is 0.128. The highest BCUT2D eigenvalue weighted by Gasteiger charge is 2.31. The standard InChI is InChI=1S/C13H27N3OS/c1-4-5-15-12(17)8-11(9-14)16-6-7-18-13(2,3)10-16/h11H,4-10,14H2,1-3H3,(H,15,17). The van der Waals surface area contributed by atoms with Crippen molar-refractivity contribution in [2.75, 3.05) is 31.9 Å². The van der Waals surface area contributed by atoms with Gasteiger partial charge in [0.1, 0.15) is 0 Å². The molecule has 1 aliphatic rings. The van der Waals surface area contributed by atoms with Gasteiger partial charge in [0.05, 0.1) is 0 Å². The Hall–Kier alpha value is -0.260. The first-order valence-electron chi connectivity index (χ1n) is 6.83. The van der Waals surface area contributed by atoms with Crippen molar-refractivity contribution in [3.05, 3.63) is 0 Å². The Balaban J connectivity index is 2.47. The smallest absolute Gasteiger partial charge is 0.221 e. The van der Waals surface area contributed by atoms with E-state index in [0.29, 0.717) is 13.0 Å². The summed E-state index contributed by atoms with van der Waals surface area (Å²) in [5.74, 6) is 1.25. The first kappa shape index (κ1) is 15.8. The molecule has 5 heteroatoms. The SMILES string of the molecule is CCCNC(=O)CC(CN)N1CCSC(C)(C)C1. The third kappa shape index (κ3) is 5.16. The van der Waals surface area contributed by atoms with Gasteiger partial charge in [-0.2, -0.15) is 11.8 Å². The van der Waals surface area contributed by atoms with Gasteiger partial charge < -0.3 is 11.1 Å². The molecule has 4 nitrogen and oxygen atoms in total. The molecule has 0 spiro atoms. The zero-order valence-electron chi connectivity index (χ0n) is 11.9. The molecule has 1 unspecified atom stereocenters. The van der Waals surface area contributed by atoms with Gasteiger partial charge in [0.15, 0.2) is 0 Å². The number of carbonyl (C=O) groups is 1. The highest BCUT2D eigenvalue weighted by Crippen LogP contribution is 2.30. The topological polar surface area (TPSA) is 58.4 Å². The van der Waals surface area contributed by atoms with Crippen LogP contribution >= 0.6 is 11.8 Å². The van der Waals surface area contributed by atoms with Crippen LogP contribution in [0.1, 0.15) is 33.6 Å². The van der Waals surface area contributed by atoms with E-state index in [1.807, 2.05) is 11.8 Å². The van der Waals surface area contributed by atoms with Gasteiger partial charge >= 0.3 is 0 Å². The van der Waals surface area contributed by atoms with Crippen molar-refractivity contribution in [1.82, 2.24) is 10.2 Å². The van der Waals surface area contributed by atoms with Gasteiger partial charge in [-0.25, -0.2) is 0 Å². The molecule has 0 aromatic carbocycles. The zero-order valence-corrected chi connectivity index (χ0v) is 12.7. The van der Waals surface area contributed by atoms with E-state index in [1.165, 1.54) is 0 Å².